The highest BCUT2D eigenvalue weighted by molar-refractivity contribution is 6.16. The van der Waals surface area contributed by atoms with Crippen molar-refractivity contribution in [3.63, 3.8) is 0 Å². The molecule has 1 aliphatic heterocycles. The summed E-state index contributed by atoms with van der Waals surface area (Å²) in [5, 5.41) is 7.53. The van der Waals surface area contributed by atoms with Crippen molar-refractivity contribution in [2.24, 2.45) is 0 Å². The molecule has 0 saturated carbocycles. The predicted octanol–water partition coefficient (Wildman–Crippen LogP) is 1.75. The first-order valence-corrected chi connectivity index (χ1v) is 6.48. The van der Waals surface area contributed by atoms with Crippen molar-refractivity contribution in [1.82, 2.24) is 15.1 Å². The van der Waals surface area contributed by atoms with Gasteiger partial charge in [0.2, 0.25) is 17.7 Å². The summed E-state index contributed by atoms with van der Waals surface area (Å²) >= 11 is 5.56. The number of hydrogen-bond acceptors (Lipinski definition) is 4. The monoisotopic (exact) mass is 257 g/mol. The maximum Gasteiger partial charge on any atom is 0.231 e. The predicted molar refractivity (Wildman–Crippen MR) is 62.6 cm³/mol. The number of halogens is 1. The molecule has 0 N–H and O–H groups in total. The Labute approximate surface area is 105 Å². The van der Waals surface area contributed by atoms with Gasteiger partial charge in [-0.25, -0.2) is 0 Å². The number of rotatable bonds is 3. The van der Waals surface area contributed by atoms with Crippen LogP contribution in [0.1, 0.15) is 37.5 Å². The molecule has 0 spiro atoms. The van der Waals surface area contributed by atoms with Gasteiger partial charge in [-0.1, -0.05) is 12.8 Å². The average molecular weight is 258 g/mol. The van der Waals surface area contributed by atoms with E-state index in [-0.39, 0.29) is 18.2 Å². The largest absolute Gasteiger partial charge is 0.423 e. The molecule has 0 bridgehead atoms. The summed E-state index contributed by atoms with van der Waals surface area (Å²) in [6.07, 6.45) is 4.77. The Balaban J connectivity index is 1.90. The standard InChI is InChI=1S/C11H16ClN3O2/c12-8-10-14-13-9(17-10)7-11(16)15-5-3-1-2-4-6-15/h1-8H2. The highest BCUT2D eigenvalue weighted by atomic mass is 35.5. The van der Waals surface area contributed by atoms with Gasteiger partial charge in [-0.15, -0.1) is 21.8 Å². The second-order valence-electron chi connectivity index (χ2n) is 4.19. The van der Waals surface area contributed by atoms with Gasteiger partial charge in [0.05, 0.1) is 0 Å². The molecule has 0 radical (unpaired) electrons. The van der Waals surface area contributed by atoms with Gasteiger partial charge in [-0.05, 0) is 12.8 Å². The molecule has 94 valence electrons. The van der Waals surface area contributed by atoms with E-state index in [4.69, 9.17) is 16.0 Å². The number of nitrogens with zero attached hydrogens (tertiary/aromatic N) is 3. The first kappa shape index (κ1) is 12.4. The van der Waals surface area contributed by atoms with E-state index >= 15 is 0 Å². The van der Waals surface area contributed by atoms with Crippen LogP contribution in [0.15, 0.2) is 4.42 Å². The van der Waals surface area contributed by atoms with E-state index in [2.05, 4.69) is 10.2 Å². The summed E-state index contributed by atoms with van der Waals surface area (Å²) < 4.78 is 5.22. The lowest BCUT2D eigenvalue weighted by Crippen LogP contribution is -2.33. The van der Waals surface area contributed by atoms with E-state index in [1.54, 1.807) is 0 Å². The normalized spacial score (nSPS) is 16.9. The maximum atomic E-state index is 12.0. The fourth-order valence-corrected chi connectivity index (χ4v) is 2.08. The molecule has 1 fully saturated rings. The molecule has 0 aromatic carbocycles. The molecule has 2 heterocycles. The molecular weight excluding hydrogens is 242 g/mol. The second-order valence-corrected chi connectivity index (χ2v) is 4.46. The van der Waals surface area contributed by atoms with Crippen molar-refractivity contribution < 1.29 is 9.21 Å². The number of carbonyl (C=O) groups is 1. The zero-order chi connectivity index (χ0) is 12.1. The Bertz CT molecular complexity index is 373. The summed E-state index contributed by atoms with van der Waals surface area (Å²) in [6, 6.07) is 0. The molecule has 2 rings (SSSR count). The van der Waals surface area contributed by atoms with Gasteiger partial charge in [-0.2, -0.15) is 0 Å². The molecule has 17 heavy (non-hydrogen) atoms. The Morgan fingerprint density at radius 2 is 1.82 bits per heavy atom. The van der Waals surface area contributed by atoms with Crippen LogP contribution in [0.4, 0.5) is 0 Å². The van der Waals surface area contributed by atoms with Crippen LogP contribution in [-0.4, -0.2) is 34.1 Å². The third kappa shape index (κ3) is 3.43. The summed E-state index contributed by atoms with van der Waals surface area (Å²) in [4.78, 5) is 13.9. The van der Waals surface area contributed by atoms with E-state index in [1.165, 1.54) is 12.8 Å². The van der Waals surface area contributed by atoms with Crippen LogP contribution < -0.4 is 0 Å². The minimum atomic E-state index is 0.0664. The van der Waals surface area contributed by atoms with Crippen LogP contribution in [-0.2, 0) is 17.1 Å². The van der Waals surface area contributed by atoms with Gasteiger partial charge in [0.15, 0.2) is 0 Å². The van der Waals surface area contributed by atoms with E-state index in [0.29, 0.717) is 11.8 Å². The number of amides is 1. The smallest absolute Gasteiger partial charge is 0.231 e. The Hall–Kier alpha value is -1.10. The van der Waals surface area contributed by atoms with Crippen molar-refractivity contribution in [3.8, 4) is 0 Å². The van der Waals surface area contributed by atoms with Gasteiger partial charge in [-0.3, -0.25) is 4.79 Å². The zero-order valence-corrected chi connectivity index (χ0v) is 10.4. The quantitative estimate of drug-likeness (QED) is 0.774. The van der Waals surface area contributed by atoms with Crippen LogP contribution in [0.5, 0.6) is 0 Å². The molecule has 1 aromatic rings. The second kappa shape index (κ2) is 6.00. The Morgan fingerprint density at radius 1 is 1.18 bits per heavy atom. The zero-order valence-electron chi connectivity index (χ0n) is 9.69. The first-order valence-electron chi connectivity index (χ1n) is 5.94. The molecule has 0 unspecified atom stereocenters. The lowest BCUT2D eigenvalue weighted by atomic mass is 10.2. The van der Waals surface area contributed by atoms with E-state index in [1.807, 2.05) is 4.90 Å². The van der Waals surface area contributed by atoms with Gasteiger partial charge < -0.3 is 9.32 Å². The van der Waals surface area contributed by atoms with Crippen LogP contribution in [0.3, 0.4) is 0 Å². The molecule has 1 aromatic heterocycles. The van der Waals surface area contributed by atoms with Crippen LogP contribution in [0.25, 0.3) is 0 Å². The number of likely N-dealkylation sites (tertiary alicyclic amines) is 1. The number of carbonyl (C=O) groups excluding carboxylic acids is 1. The molecule has 1 saturated heterocycles. The number of aromatic nitrogens is 2. The SMILES string of the molecule is O=C(Cc1nnc(CCl)o1)N1CCCCCC1. The Kier molecular flexibility index (Phi) is 4.36. The fourth-order valence-electron chi connectivity index (χ4n) is 1.98. The van der Waals surface area contributed by atoms with Crippen LogP contribution >= 0.6 is 11.6 Å². The molecule has 6 heteroatoms. The third-order valence-corrected chi connectivity index (χ3v) is 3.11. The molecule has 0 atom stereocenters. The van der Waals surface area contributed by atoms with Crippen molar-refractivity contribution in [2.75, 3.05) is 13.1 Å². The first-order chi connectivity index (χ1) is 8.29. The topological polar surface area (TPSA) is 59.2 Å². The number of alkyl halides is 1. The molecular formula is C11H16ClN3O2. The van der Waals surface area contributed by atoms with E-state index < -0.39 is 0 Å². The van der Waals surface area contributed by atoms with Gasteiger partial charge in [0.25, 0.3) is 0 Å². The maximum absolute atomic E-state index is 12.0. The van der Waals surface area contributed by atoms with Gasteiger partial charge in [0.1, 0.15) is 12.3 Å². The molecule has 1 aliphatic rings. The minimum Gasteiger partial charge on any atom is -0.423 e. The van der Waals surface area contributed by atoms with E-state index in [0.717, 1.165) is 25.9 Å². The number of hydrogen-bond donors (Lipinski definition) is 0. The molecule has 5 nitrogen and oxygen atoms in total. The summed E-state index contributed by atoms with van der Waals surface area (Å²) in [5.74, 6) is 0.974. The third-order valence-electron chi connectivity index (χ3n) is 2.88. The average Bonchev–Trinajstić information content (AvgIpc) is 2.62. The highest BCUT2D eigenvalue weighted by Gasteiger charge is 2.18. The summed E-state index contributed by atoms with van der Waals surface area (Å²) in [5.41, 5.74) is 0. The van der Waals surface area contributed by atoms with Gasteiger partial charge in [0, 0.05) is 13.1 Å². The fraction of sp³-hybridized carbons (Fsp3) is 0.727. The summed E-state index contributed by atoms with van der Waals surface area (Å²) in [6.45, 7) is 1.69. The van der Waals surface area contributed by atoms with Crippen molar-refractivity contribution in [3.05, 3.63) is 11.8 Å². The van der Waals surface area contributed by atoms with Gasteiger partial charge >= 0.3 is 0 Å². The Morgan fingerprint density at radius 3 is 2.41 bits per heavy atom. The van der Waals surface area contributed by atoms with E-state index in [9.17, 15) is 4.79 Å². The molecule has 1 amide bonds. The molecule has 0 aliphatic carbocycles. The lowest BCUT2D eigenvalue weighted by Gasteiger charge is -2.19. The van der Waals surface area contributed by atoms with Crippen LogP contribution in [0, 0.1) is 0 Å². The van der Waals surface area contributed by atoms with Crippen molar-refractivity contribution in [2.45, 2.75) is 38.0 Å². The van der Waals surface area contributed by atoms with Crippen LogP contribution in [0.2, 0.25) is 0 Å². The van der Waals surface area contributed by atoms with Crippen molar-refractivity contribution in [1.29, 1.82) is 0 Å². The van der Waals surface area contributed by atoms with Crippen molar-refractivity contribution >= 4 is 17.5 Å². The lowest BCUT2D eigenvalue weighted by molar-refractivity contribution is -0.130. The summed E-state index contributed by atoms with van der Waals surface area (Å²) in [7, 11) is 0. The highest BCUT2D eigenvalue weighted by Crippen LogP contribution is 2.11. The minimum absolute atomic E-state index is 0.0664.